The van der Waals surface area contributed by atoms with Gasteiger partial charge in [0.05, 0.1) is 12.1 Å². The quantitative estimate of drug-likeness (QED) is 0.773. The Bertz CT molecular complexity index is 811. The zero-order chi connectivity index (χ0) is 20.1. The zero-order valence-corrected chi connectivity index (χ0v) is 16.9. The van der Waals surface area contributed by atoms with E-state index >= 15 is 0 Å². The average Bonchev–Trinajstić information content (AvgIpc) is 2.94. The number of ether oxygens (including phenoxy) is 1. The maximum atomic E-state index is 13.1. The first-order valence-electron chi connectivity index (χ1n) is 10.5. The fraction of sp³-hybridized carbons (Fsp3) is 0.458. The molecule has 2 aliphatic heterocycles. The number of nitrogens with zero attached hydrogens (tertiary/aromatic N) is 2. The smallest absolute Gasteiger partial charge is 0.248 e. The van der Waals surface area contributed by atoms with Gasteiger partial charge < -0.3 is 14.5 Å². The fourth-order valence-corrected chi connectivity index (χ4v) is 4.42. The van der Waals surface area contributed by atoms with E-state index < -0.39 is 0 Å². The third-order valence-corrected chi connectivity index (χ3v) is 6.17. The normalized spacial score (nSPS) is 23.3. The van der Waals surface area contributed by atoms with Crippen molar-refractivity contribution in [3.05, 3.63) is 71.5 Å². The summed E-state index contributed by atoms with van der Waals surface area (Å²) in [5, 5.41) is 0. The molecule has 0 aliphatic carbocycles. The fourth-order valence-electron chi connectivity index (χ4n) is 4.42. The second-order valence-electron chi connectivity index (χ2n) is 8.28. The number of hydrogen-bond donors (Lipinski definition) is 0. The lowest BCUT2D eigenvalue weighted by Crippen LogP contribution is -2.54. The number of morpholine rings is 1. The molecule has 2 aliphatic rings. The van der Waals surface area contributed by atoms with Gasteiger partial charge >= 0.3 is 0 Å². The van der Waals surface area contributed by atoms with E-state index in [1.807, 2.05) is 35.2 Å². The SMILES string of the molecule is O=C1CO[C@@]2(CCCN(CCc3ccc(F)cc3)CC2)CN1Cc1ccccc1. The summed E-state index contributed by atoms with van der Waals surface area (Å²) in [6.45, 7) is 4.48. The largest absolute Gasteiger partial charge is 0.363 e. The summed E-state index contributed by atoms with van der Waals surface area (Å²) in [6.07, 6.45) is 3.91. The van der Waals surface area contributed by atoms with Crippen molar-refractivity contribution < 1.29 is 13.9 Å². The van der Waals surface area contributed by atoms with Gasteiger partial charge in [-0.2, -0.15) is 0 Å². The van der Waals surface area contributed by atoms with Gasteiger partial charge in [0.15, 0.2) is 0 Å². The zero-order valence-electron chi connectivity index (χ0n) is 16.9. The molecule has 1 amide bonds. The molecular formula is C24H29FN2O2. The molecule has 0 bridgehead atoms. The van der Waals surface area contributed by atoms with Crippen LogP contribution >= 0.6 is 0 Å². The van der Waals surface area contributed by atoms with Crippen LogP contribution in [0.4, 0.5) is 4.39 Å². The molecule has 4 rings (SSSR count). The number of halogens is 1. The summed E-state index contributed by atoms with van der Waals surface area (Å²) in [5.41, 5.74) is 2.10. The third-order valence-electron chi connectivity index (χ3n) is 6.17. The Labute approximate surface area is 172 Å². The predicted molar refractivity (Wildman–Crippen MR) is 111 cm³/mol. The van der Waals surface area contributed by atoms with Gasteiger partial charge in [-0.05, 0) is 55.5 Å². The van der Waals surface area contributed by atoms with Crippen LogP contribution in [0.3, 0.4) is 0 Å². The molecule has 1 spiro atoms. The Morgan fingerprint density at radius 1 is 0.966 bits per heavy atom. The molecule has 2 heterocycles. The maximum Gasteiger partial charge on any atom is 0.248 e. The minimum atomic E-state index is -0.229. The first-order chi connectivity index (χ1) is 14.1. The van der Waals surface area contributed by atoms with Crippen molar-refractivity contribution in [3.63, 3.8) is 0 Å². The van der Waals surface area contributed by atoms with Crippen LogP contribution in [0.1, 0.15) is 30.4 Å². The number of likely N-dealkylation sites (tertiary alicyclic amines) is 1. The van der Waals surface area contributed by atoms with Crippen molar-refractivity contribution in [3.8, 4) is 0 Å². The van der Waals surface area contributed by atoms with Gasteiger partial charge in [-0.1, -0.05) is 42.5 Å². The highest BCUT2D eigenvalue weighted by atomic mass is 19.1. The topological polar surface area (TPSA) is 32.8 Å². The van der Waals surface area contributed by atoms with Crippen molar-refractivity contribution in [2.75, 3.05) is 32.8 Å². The van der Waals surface area contributed by atoms with Crippen molar-refractivity contribution in [2.45, 2.75) is 37.8 Å². The summed E-state index contributed by atoms with van der Waals surface area (Å²) in [5.74, 6) is -0.105. The summed E-state index contributed by atoms with van der Waals surface area (Å²) < 4.78 is 19.2. The van der Waals surface area contributed by atoms with Crippen LogP contribution in [0.2, 0.25) is 0 Å². The van der Waals surface area contributed by atoms with E-state index in [4.69, 9.17) is 4.74 Å². The standard InChI is InChI=1S/C24H29FN2O2/c25-22-9-7-20(8-10-22)11-15-26-14-4-12-24(13-16-26)19-27(23(28)18-29-24)17-21-5-2-1-3-6-21/h1-3,5-10H,4,11-19H2/t24-/m1/s1. The molecule has 0 N–H and O–H groups in total. The van der Waals surface area contributed by atoms with Gasteiger partial charge in [-0.15, -0.1) is 0 Å². The Morgan fingerprint density at radius 2 is 1.76 bits per heavy atom. The summed E-state index contributed by atoms with van der Waals surface area (Å²) >= 11 is 0. The van der Waals surface area contributed by atoms with Crippen LogP contribution in [-0.4, -0.2) is 54.1 Å². The van der Waals surface area contributed by atoms with Crippen LogP contribution < -0.4 is 0 Å². The molecule has 0 aromatic heterocycles. The molecule has 5 heteroatoms. The monoisotopic (exact) mass is 396 g/mol. The van der Waals surface area contributed by atoms with Gasteiger partial charge in [0, 0.05) is 19.6 Å². The average molecular weight is 397 g/mol. The molecule has 0 saturated carbocycles. The predicted octanol–water partition coefficient (Wildman–Crippen LogP) is 3.65. The molecule has 0 unspecified atom stereocenters. The Hall–Kier alpha value is -2.24. The molecule has 0 radical (unpaired) electrons. The van der Waals surface area contributed by atoms with Crippen LogP contribution in [0.5, 0.6) is 0 Å². The van der Waals surface area contributed by atoms with Crippen LogP contribution in [0.25, 0.3) is 0 Å². The van der Waals surface area contributed by atoms with E-state index in [2.05, 4.69) is 17.0 Å². The van der Waals surface area contributed by atoms with Crippen molar-refractivity contribution >= 4 is 5.91 Å². The second-order valence-corrected chi connectivity index (χ2v) is 8.28. The first-order valence-corrected chi connectivity index (χ1v) is 10.5. The van der Waals surface area contributed by atoms with E-state index in [1.165, 1.54) is 17.7 Å². The van der Waals surface area contributed by atoms with Crippen molar-refractivity contribution in [2.24, 2.45) is 0 Å². The maximum absolute atomic E-state index is 13.1. The van der Waals surface area contributed by atoms with Crippen LogP contribution in [0.15, 0.2) is 54.6 Å². The Kier molecular flexibility index (Phi) is 6.26. The van der Waals surface area contributed by atoms with Crippen LogP contribution in [-0.2, 0) is 22.5 Å². The minimum Gasteiger partial charge on any atom is -0.363 e. The molecule has 1 atom stereocenters. The molecule has 2 aromatic rings. The molecule has 4 nitrogen and oxygen atoms in total. The number of amides is 1. The molecule has 2 saturated heterocycles. The van der Waals surface area contributed by atoms with E-state index in [1.54, 1.807) is 0 Å². The lowest BCUT2D eigenvalue weighted by molar-refractivity contribution is -0.166. The van der Waals surface area contributed by atoms with Crippen molar-refractivity contribution in [1.29, 1.82) is 0 Å². The third kappa shape index (κ3) is 5.22. The van der Waals surface area contributed by atoms with Gasteiger partial charge in [-0.25, -0.2) is 4.39 Å². The Morgan fingerprint density at radius 3 is 2.55 bits per heavy atom. The molecule has 2 aromatic carbocycles. The lowest BCUT2D eigenvalue weighted by Gasteiger charge is -2.42. The van der Waals surface area contributed by atoms with Gasteiger partial charge in [-0.3, -0.25) is 4.79 Å². The van der Waals surface area contributed by atoms with Gasteiger partial charge in [0.25, 0.3) is 0 Å². The molecular weight excluding hydrogens is 367 g/mol. The second kappa shape index (κ2) is 9.06. The molecule has 2 fully saturated rings. The first kappa shape index (κ1) is 20.0. The Balaban J connectivity index is 1.33. The lowest BCUT2D eigenvalue weighted by atomic mass is 9.92. The summed E-state index contributed by atoms with van der Waals surface area (Å²) in [6, 6.07) is 17.0. The van der Waals surface area contributed by atoms with Crippen molar-refractivity contribution in [1.82, 2.24) is 9.80 Å². The van der Waals surface area contributed by atoms with E-state index in [0.717, 1.165) is 50.9 Å². The summed E-state index contributed by atoms with van der Waals surface area (Å²) in [4.78, 5) is 16.9. The van der Waals surface area contributed by atoms with Gasteiger partial charge in [0.1, 0.15) is 12.4 Å². The number of hydrogen-bond acceptors (Lipinski definition) is 3. The van der Waals surface area contributed by atoms with E-state index in [-0.39, 0.29) is 23.9 Å². The molecule has 154 valence electrons. The highest BCUT2D eigenvalue weighted by molar-refractivity contribution is 5.78. The minimum absolute atomic E-state index is 0.0805. The highest BCUT2D eigenvalue weighted by Gasteiger charge is 2.40. The van der Waals surface area contributed by atoms with Gasteiger partial charge in [0.2, 0.25) is 5.91 Å². The number of rotatable bonds is 5. The highest BCUT2D eigenvalue weighted by Crippen LogP contribution is 2.31. The number of carbonyl (C=O) groups excluding carboxylic acids is 1. The summed E-state index contributed by atoms with van der Waals surface area (Å²) in [7, 11) is 0. The molecule has 29 heavy (non-hydrogen) atoms. The number of benzene rings is 2. The number of carbonyl (C=O) groups is 1. The van der Waals surface area contributed by atoms with E-state index in [0.29, 0.717) is 13.1 Å². The van der Waals surface area contributed by atoms with Crippen LogP contribution in [0, 0.1) is 5.82 Å². The van der Waals surface area contributed by atoms with E-state index in [9.17, 15) is 9.18 Å².